The first-order chi connectivity index (χ1) is 23.5. The maximum Gasteiger partial charge on any atom is 0.238 e. The number of benzene rings is 3. The van der Waals surface area contributed by atoms with Gasteiger partial charge < -0.3 is 28.7 Å². The Labute approximate surface area is 280 Å². The number of hydrogen-bond acceptors (Lipinski definition) is 8. The van der Waals surface area contributed by atoms with Gasteiger partial charge in [0, 0.05) is 50.2 Å². The maximum atomic E-state index is 13.1. The van der Waals surface area contributed by atoms with Crippen molar-refractivity contribution in [3.63, 3.8) is 0 Å². The minimum atomic E-state index is -0.0419. The minimum Gasteiger partial charge on any atom is -0.493 e. The number of aromatic nitrogens is 2. The highest BCUT2D eigenvalue weighted by Gasteiger charge is 2.24. The van der Waals surface area contributed by atoms with Gasteiger partial charge in [0.05, 0.1) is 46.4 Å². The predicted octanol–water partition coefficient (Wildman–Crippen LogP) is 5.59. The zero-order valence-corrected chi connectivity index (χ0v) is 27.9. The van der Waals surface area contributed by atoms with Gasteiger partial charge in [-0.2, -0.15) is 0 Å². The Hall–Kier alpha value is -5.06. The van der Waals surface area contributed by atoms with Gasteiger partial charge in [-0.05, 0) is 83.6 Å². The van der Waals surface area contributed by atoms with E-state index in [-0.39, 0.29) is 5.91 Å². The van der Waals surface area contributed by atoms with Gasteiger partial charge in [0.2, 0.25) is 5.91 Å². The number of rotatable bonds is 10. The molecule has 2 aliphatic rings. The number of imidazole rings is 1. The van der Waals surface area contributed by atoms with E-state index in [1.54, 1.807) is 28.4 Å². The van der Waals surface area contributed by atoms with Crippen molar-refractivity contribution >= 4 is 17.2 Å². The number of pyridine rings is 1. The molecule has 0 radical (unpaired) electrons. The zero-order valence-electron chi connectivity index (χ0n) is 27.9. The fraction of sp³-hybridized carbons (Fsp3) is 0.316. The third-order valence-electron chi connectivity index (χ3n) is 9.41. The number of carbonyl (C=O) groups is 1. The highest BCUT2D eigenvalue weighted by atomic mass is 16.5. The molecular formula is C38H41N5O5. The summed E-state index contributed by atoms with van der Waals surface area (Å²) in [7, 11) is 6.65. The van der Waals surface area contributed by atoms with E-state index in [1.807, 2.05) is 54.6 Å². The maximum absolute atomic E-state index is 13.1. The lowest BCUT2D eigenvalue weighted by Gasteiger charge is -2.29. The zero-order chi connectivity index (χ0) is 33.2. The van der Waals surface area contributed by atoms with Crippen LogP contribution in [0.3, 0.4) is 0 Å². The summed E-state index contributed by atoms with van der Waals surface area (Å²) in [5.74, 6) is 2.93. The molecule has 2 aliphatic heterocycles. The Kier molecular flexibility index (Phi) is 8.92. The van der Waals surface area contributed by atoms with Gasteiger partial charge >= 0.3 is 0 Å². The molecule has 0 saturated heterocycles. The SMILES string of the molecule is COc1cc2c(cc1OC)CN(CC(=O)Nc1ccc(-c3nc4ccccn4c3CN3CCc4cc(OC)c(OC)cc4C3)cc1)CC2. The van der Waals surface area contributed by atoms with E-state index in [2.05, 4.69) is 37.8 Å². The highest BCUT2D eigenvalue weighted by molar-refractivity contribution is 5.92. The first-order valence-corrected chi connectivity index (χ1v) is 16.2. The molecule has 10 nitrogen and oxygen atoms in total. The van der Waals surface area contributed by atoms with E-state index in [0.717, 1.165) is 90.1 Å². The molecule has 0 aliphatic carbocycles. The number of methoxy groups -OCH3 is 4. The number of nitrogens with zero attached hydrogens (tertiary/aromatic N) is 4. The smallest absolute Gasteiger partial charge is 0.238 e. The van der Waals surface area contributed by atoms with Gasteiger partial charge in [0.1, 0.15) is 5.65 Å². The van der Waals surface area contributed by atoms with E-state index < -0.39 is 0 Å². The van der Waals surface area contributed by atoms with Gasteiger partial charge in [0.15, 0.2) is 23.0 Å². The average Bonchev–Trinajstić information content (AvgIpc) is 3.48. The van der Waals surface area contributed by atoms with Crippen LogP contribution in [0, 0.1) is 0 Å². The largest absolute Gasteiger partial charge is 0.493 e. The van der Waals surface area contributed by atoms with E-state index in [9.17, 15) is 4.79 Å². The molecule has 3 aromatic carbocycles. The molecule has 7 rings (SSSR count). The summed E-state index contributed by atoms with van der Waals surface area (Å²) in [6.45, 7) is 4.27. The lowest BCUT2D eigenvalue weighted by molar-refractivity contribution is -0.117. The van der Waals surface area contributed by atoms with Crippen LogP contribution >= 0.6 is 0 Å². The van der Waals surface area contributed by atoms with E-state index in [4.69, 9.17) is 23.9 Å². The molecule has 0 atom stereocenters. The first kappa shape index (κ1) is 31.5. The summed E-state index contributed by atoms with van der Waals surface area (Å²) < 4.78 is 24.2. The summed E-state index contributed by atoms with van der Waals surface area (Å²) in [4.78, 5) is 22.7. The third kappa shape index (κ3) is 6.28. The van der Waals surface area contributed by atoms with E-state index in [0.29, 0.717) is 18.8 Å². The van der Waals surface area contributed by atoms with Crippen molar-refractivity contribution in [3.05, 3.63) is 101 Å². The van der Waals surface area contributed by atoms with Crippen molar-refractivity contribution < 1.29 is 23.7 Å². The molecule has 48 heavy (non-hydrogen) atoms. The van der Waals surface area contributed by atoms with Gasteiger partial charge in [-0.25, -0.2) is 4.98 Å². The van der Waals surface area contributed by atoms with Crippen molar-refractivity contribution in [1.29, 1.82) is 0 Å². The van der Waals surface area contributed by atoms with Crippen LogP contribution in [0.2, 0.25) is 0 Å². The fourth-order valence-corrected chi connectivity index (χ4v) is 6.91. The first-order valence-electron chi connectivity index (χ1n) is 16.2. The van der Waals surface area contributed by atoms with Crippen LogP contribution in [0.5, 0.6) is 23.0 Å². The Morgan fingerprint density at radius 1 is 0.729 bits per heavy atom. The molecular weight excluding hydrogens is 606 g/mol. The average molecular weight is 648 g/mol. The van der Waals surface area contributed by atoms with E-state index in [1.165, 1.54) is 16.7 Å². The van der Waals surface area contributed by atoms with Crippen molar-refractivity contribution in [1.82, 2.24) is 19.2 Å². The van der Waals surface area contributed by atoms with E-state index >= 15 is 0 Å². The van der Waals surface area contributed by atoms with Crippen molar-refractivity contribution in [2.24, 2.45) is 0 Å². The molecule has 4 heterocycles. The standard InChI is InChI=1S/C38H41N5O5/c1-45-32-17-26-12-15-41(21-28(26)19-34(32)47-3)23-31-38(40-36-7-5-6-14-43(31)36)25-8-10-30(11-9-25)39-37(44)24-42-16-13-27-18-33(46-2)35(48-4)20-29(27)22-42/h5-11,14,17-20H,12-13,15-16,21-24H2,1-4H3,(H,39,44). The molecule has 248 valence electrons. The molecule has 10 heteroatoms. The predicted molar refractivity (Wildman–Crippen MR) is 185 cm³/mol. The number of carbonyl (C=O) groups excluding carboxylic acids is 1. The molecule has 1 N–H and O–H groups in total. The number of fused-ring (bicyclic) bond motifs is 3. The summed E-state index contributed by atoms with van der Waals surface area (Å²) in [5.41, 5.74) is 9.69. The topological polar surface area (TPSA) is 89.8 Å². The Balaban J connectivity index is 1.04. The van der Waals surface area contributed by atoms with Crippen LogP contribution in [-0.2, 0) is 37.3 Å². The van der Waals surface area contributed by atoms with Gasteiger partial charge in [-0.3, -0.25) is 14.6 Å². The summed E-state index contributed by atoms with van der Waals surface area (Å²) in [6, 6.07) is 22.4. The van der Waals surface area contributed by atoms with Crippen LogP contribution in [0.15, 0.2) is 72.9 Å². The molecule has 2 aromatic heterocycles. The Morgan fingerprint density at radius 2 is 1.29 bits per heavy atom. The van der Waals surface area contributed by atoms with Crippen LogP contribution in [-0.4, -0.2) is 73.2 Å². The lowest BCUT2D eigenvalue weighted by atomic mass is 9.98. The lowest BCUT2D eigenvalue weighted by Crippen LogP contribution is -2.37. The third-order valence-corrected chi connectivity index (χ3v) is 9.41. The second-order valence-electron chi connectivity index (χ2n) is 12.3. The molecule has 1 amide bonds. The molecule has 0 unspecified atom stereocenters. The summed E-state index contributed by atoms with van der Waals surface area (Å²) in [5, 5.41) is 3.09. The van der Waals surface area contributed by atoms with Gasteiger partial charge in [-0.15, -0.1) is 0 Å². The number of anilines is 1. The molecule has 0 fully saturated rings. The Morgan fingerprint density at radius 3 is 1.90 bits per heavy atom. The number of amides is 1. The fourth-order valence-electron chi connectivity index (χ4n) is 6.91. The molecule has 5 aromatic rings. The monoisotopic (exact) mass is 647 g/mol. The number of nitrogens with one attached hydrogen (secondary N) is 1. The summed E-state index contributed by atoms with van der Waals surface area (Å²) in [6.07, 6.45) is 3.86. The molecule has 0 saturated carbocycles. The van der Waals surface area contributed by atoms with Crippen molar-refractivity contribution in [2.45, 2.75) is 32.5 Å². The van der Waals surface area contributed by atoms with Crippen molar-refractivity contribution in [3.8, 4) is 34.3 Å². The minimum absolute atomic E-state index is 0.0419. The quantitative estimate of drug-likeness (QED) is 0.210. The van der Waals surface area contributed by atoms with Crippen LogP contribution in [0.1, 0.15) is 27.9 Å². The normalized spacial score (nSPS) is 14.7. The second kappa shape index (κ2) is 13.6. The van der Waals surface area contributed by atoms with Crippen LogP contribution in [0.25, 0.3) is 16.9 Å². The summed E-state index contributed by atoms with van der Waals surface area (Å²) >= 11 is 0. The molecule has 0 bridgehead atoms. The van der Waals surface area contributed by atoms with Gasteiger partial charge in [0.25, 0.3) is 0 Å². The number of ether oxygens (including phenoxy) is 4. The highest BCUT2D eigenvalue weighted by Crippen LogP contribution is 2.35. The second-order valence-corrected chi connectivity index (χ2v) is 12.3. The van der Waals surface area contributed by atoms with Gasteiger partial charge in [-0.1, -0.05) is 18.2 Å². The van der Waals surface area contributed by atoms with Crippen LogP contribution < -0.4 is 24.3 Å². The molecule has 0 spiro atoms. The van der Waals surface area contributed by atoms with Crippen molar-refractivity contribution in [2.75, 3.05) is 53.4 Å². The number of hydrogen-bond donors (Lipinski definition) is 1. The Bertz CT molecular complexity index is 1950. The van der Waals surface area contributed by atoms with Crippen LogP contribution in [0.4, 0.5) is 5.69 Å².